The molecule has 0 spiro atoms. The van der Waals surface area contributed by atoms with Gasteiger partial charge < -0.3 is 20.1 Å². The van der Waals surface area contributed by atoms with Crippen LogP contribution in [0, 0.1) is 23.7 Å². The normalized spacial score (nSPS) is 22.8. The van der Waals surface area contributed by atoms with Crippen molar-refractivity contribution in [2.75, 3.05) is 37.8 Å². The van der Waals surface area contributed by atoms with Crippen LogP contribution in [0.4, 0.5) is 0 Å². The minimum atomic E-state index is -0.0525. The molecule has 0 aromatic carbocycles. The topological polar surface area (TPSA) is 111 Å². The first-order chi connectivity index (χ1) is 19.4. The summed E-state index contributed by atoms with van der Waals surface area (Å²) < 4.78 is 10.7. The Labute approximate surface area is 249 Å². The van der Waals surface area contributed by atoms with Crippen molar-refractivity contribution < 1.29 is 28.7 Å². The van der Waals surface area contributed by atoms with Crippen LogP contribution in [0.25, 0.3) is 0 Å². The Balaban J connectivity index is 1.41. The van der Waals surface area contributed by atoms with Gasteiger partial charge in [-0.2, -0.15) is 0 Å². The molecule has 0 aliphatic heterocycles. The van der Waals surface area contributed by atoms with E-state index in [4.69, 9.17) is 9.47 Å². The number of ether oxygens (including phenoxy) is 2. The molecule has 0 saturated heterocycles. The summed E-state index contributed by atoms with van der Waals surface area (Å²) in [6.45, 7) is 6.57. The highest BCUT2D eigenvalue weighted by atomic mass is 33.1. The molecule has 0 unspecified atom stereocenters. The lowest BCUT2D eigenvalue weighted by Gasteiger charge is -2.27. The number of amides is 2. The van der Waals surface area contributed by atoms with E-state index >= 15 is 0 Å². The van der Waals surface area contributed by atoms with Gasteiger partial charge in [0.15, 0.2) is 0 Å². The van der Waals surface area contributed by atoms with Gasteiger partial charge >= 0.3 is 11.9 Å². The molecular formula is C30H52N2O6S2. The van der Waals surface area contributed by atoms with Crippen LogP contribution in [-0.4, -0.2) is 61.6 Å². The molecule has 10 heteroatoms. The fourth-order valence-corrected chi connectivity index (χ4v) is 7.13. The lowest BCUT2D eigenvalue weighted by molar-refractivity contribution is -0.151. The van der Waals surface area contributed by atoms with Crippen molar-refractivity contribution in [1.82, 2.24) is 10.6 Å². The van der Waals surface area contributed by atoms with Crippen molar-refractivity contribution in [3.63, 3.8) is 0 Å². The van der Waals surface area contributed by atoms with Gasteiger partial charge in [0.2, 0.25) is 11.8 Å². The van der Waals surface area contributed by atoms with Crippen LogP contribution in [-0.2, 0) is 28.7 Å². The second kappa shape index (κ2) is 21.3. The third-order valence-corrected chi connectivity index (χ3v) is 10.3. The number of carbonyl (C=O) groups is 4. The van der Waals surface area contributed by atoms with E-state index in [0.29, 0.717) is 51.0 Å². The highest BCUT2D eigenvalue weighted by Gasteiger charge is 2.28. The van der Waals surface area contributed by atoms with Crippen molar-refractivity contribution >= 4 is 45.3 Å². The smallest absolute Gasteiger partial charge is 0.308 e. The van der Waals surface area contributed by atoms with Gasteiger partial charge in [-0.05, 0) is 76.0 Å². The third-order valence-electron chi connectivity index (χ3n) is 7.93. The van der Waals surface area contributed by atoms with E-state index in [-0.39, 0.29) is 35.6 Å². The monoisotopic (exact) mass is 600 g/mol. The fraction of sp³-hybridized carbons (Fsp3) is 0.867. The van der Waals surface area contributed by atoms with Gasteiger partial charge in [0, 0.05) is 37.4 Å². The molecule has 0 radical (unpaired) electrons. The van der Waals surface area contributed by atoms with Crippen molar-refractivity contribution in [3.05, 3.63) is 0 Å². The number of hydrogen-bond donors (Lipinski definition) is 2. The molecule has 2 saturated carbocycles. The van der Waals surface area contributed by atoms with E-state index in [9.17, 15) is 19.2 Å². The zero-order valence-corrected chi connectivity index (χ0v) is 26.4. The Hall–Kier alpha value is -1.42. The number of rotatable bonds is 19. The summed E-state index contributed by atoms with van der Waals surface area (Å²) in [7, 11) is 3.27. The van der Waals surface area contributed by atoms with Gasteiger partial charge in [-0.15, -0.1) is 0 Å². The van der Waals surface area contributed by atoms with Crippen molar-refractivity contribution in [1.29, 1.82) is 0 Å². The zero-order valence-electron chi connectivity index (χ0n) is 24.7. The minimum Gasteiger partial charge on any atom is -0.465 e. The van der Waals surface area contributed by atoms with Gasteiger partial charge in [0.25, 0.3) is 0 Å². The molecule has 0 heterocycles. The van der Waals surface area contributed by atoms with Crippen LogP contribution in [0.3, 0.4) is 0 Å². The van der Waals surface area contributed by atoms with Gasteiger partial charge in [-0.25, -0.2) is 0 Å². The van der Waals surface area contributed by atoms with Gasteiger partial charge in [-0.1, -0.05) is 48.3 Å². The van der Waals surface area contributed by atoms with Crippen LogP contribution in [0.15, 0.2) is 0 Å². The molecule has 8 nitrogen and oxygen atoms in total. The Morgan fingerprint density at radius 1 is 0.625 bits per heavy atom. The van der Waals surface area contributed by atoms with E-state index in [2.05, 4.69) is 24.5 Å². The van der Waals surface area contributed by atoms with E-state index in [1.165, 1.54) is 0 Å². The zero-order chi connectivity index (χ0) is 29.0. The Bertz CT molecular complexity index is 690. The summed E-state index contributed by atoms with van der Waals surface area (Å²) in [5, 5.41) is 6.10. The first-order valence-corrected chi connectivity index (χ1v) is 18.0. The highest BCUT2D eigenvalue weighted by Crippen LogP contribution is 2.30. The SMILES string of the molecule is CCCCOC(=O)C1CCC(CNC(=O)CCSSCCC(=O)NCC2CCC(C(=O)OCCCC)CC2)CC1. The van der Waals surface area contributed by atoms with Crippen molar-refractivity contribution in [2.24, 2.45) is 23.7 Å². The van der Waals surface area contributed by atoms with E-state index in [1.54, 1.807) is 21.6 Å². The summed E-state index contributed by atoms with van der Waals surface area (Å²) >= 11 is 0. The standard InChI is InChI=1S/C30H52N2O6S2/c1-3-5-17-37-29(35)25-11-7-23(8-12-25)21-31-27(33)15-19-39-40-20-16-28(34)32-22-24-9-13-26(14-10-24)30(36)38-18-6-4-2/h23-26H,3-22H2,1-2H3,(H,31,33)(H,32,34). The maximum absolute atomic E-state index is 12.2. The predicted octanol–water partition coefficient (Wildman–Crippen LogP) is 5.68. The number of esters is 2. The molecule has 40 heavy (non-hydrogen) atoms. The molecule has 2 N–H and O–H groups in total. The number of unbranched alkanes of at least 4 members (excludes halogenated alkanes) is 2. The molecule has 0 aromatic heterocycles. The van der Waals surface area contributed by atoms with E-state index < -0.39 is 0 Å². The van der Waals surface area contributed by atoms with Crippen LogP contribution >= 0.6 is 21.6 Å². The average molecular weight is 601 g/mol. The maximum Gasteiger partial charge on any atom is 0.308 e. The Morgan fingerprint density at radius 2 is 1.00 bits per heavy atom. The first-order valence-electron chi connectivity index (χ1n) is 15.5. The minimum absolute atomic E-state index is 0.0201. The van der Waals surface area contributed by atoms with Crippen molar-refractivity contribution in [3.8, 4) is 0 Å². The predicted molar refractivity (Wildman–Crippen MR) is 163 cm³/mol. The lowest BCUT2D eigenvalue weighted by Crippen LogP contribution is -2.33. The summed E-state index contributed by atoms with van der Waals surface area (Å²) in [5.41, 5.74) is 0. The van der Waals surface area contributed by atoms with Gasteiger partial charge in [0.05, 0.1) is 25.0 Å². The fourth-order valence-electron chi connectivity index (χ4n) is 5.15. The summed E-state index contributed by atoms with van der Waals surface area (Å²) in [4.78, 5) is 48.6. The molecule has 0 atom stereocenters. The van der Waals surface area contributed by atoms with Crippen LogP contribution in [0.5, 0.6) is 0 Å². The largest absolute Gasteiger partial charge is 0.465 e. The summed E-state index contributed by atoms with van der Waals surface area (Å²) in [6.07, 6.45) is 12.0. The molecule has 2 rings (SSSR count). The molecular weight excluding hydrogens is 548 g/mol. The maximum atomic E-state index is 12.2. The van der Waals surface area contributed by atoms with Gasteiger partial charge in [0.1, 0.15) is 0 Å². The second-order valence-corrected chi connectivity index (χ2v) is 13.9. The third kappa shape index (κ3) is 15.0. The summed E-state index contributed by atoms with van der Waals surface area (Å²) in [6, 6.07) is 0. The molecule has 2 aliphatic rings. The Kier molecular flexibility index (Phi) is 18.5. The molecule has 0 bridgehead atoms. The Morgan fingerprint density at radius 3 is 1.35 bits per heavy atom. The van der Waals surface area contributed by atoms with Crippen LogP contribution in [0.1, 0.15) is 104 Å². The summed E-state index contributed by atoms with van der Waals surface area (Å²) in [5.74, 6) is 2.38. The van der Waals surface area contributed by atoms with Crippen LogP contribution in [0.2, 0.25) is 0 Å². The first kappa shape index (κ1) is 34.8. The molecule has 2 fully saturated rings. The average Bonchev–Trinajstić information content (AvgIpc) is 2.97. The molecule has 2 aliphatic carbocycles. The molecule has 2 amide bonds. The molecule has 230 valence electrons. The number of nitrogens with one attached hydrogen (secondary N) is 2. The number of hydrogen-bond acceptors (Lipinski definition) is 8. The number of carbonyl (C=O) groups excluding carboxylic acids is 4. The highest BCUT2D eigenvalue weighted by molar-refractivity contribution is 8.76. The van der Waals surface area contributed by atoms with E-state index in [1.807, 2.05) is 0 Å². The second-order valence-electron chi connectivity index (χ2n) is 11.2. The van der Waals surface area contributed by atoms with Crippen LogP contribution < -0.4 is 10.6 Å². The lowest BCUT2D eigenvalue weighted by atomic mass is 9.82. The van der Waals surface area contributed by atoms with E-state index in [0.717, 1.165) is 88.6 Å². The van der Waals surface area contributed by atoms with Crippen molar-refractivity contribution in [2.45, 2.75) is 104 Å². The quantitative estimate of drug-likeness (QED) is 0.111. The van der Waals surface area contributed by atoms with Gasteiger partial charge in [-0.3, -0.25) is 19.2 Å². The molecule has 0 aromatic rings.